The molecular formula is C17H13NO2. The summed E-state index contributed by atoms with van der Waals surface area (Å²) in [5, 5.41) is 9.38. The molecule has 3 heteroatoms. The molecule has 0 unspecified atom stereocenters. The molecule has 3 rings (SSSR count). The van der Waals surface area contributed by atoms with E-state index in [9.17, 15) is 5.26 Å². The van der Waals surface area contributed by atoms with E-state index in [1.807, 2.05) is 55.5 Å². The highest BCUT2D eigenvalue weighted by Crippen LogP contribution is 2.33. The third-order valence-corrected chi connectivity index (χ3v) is 3.26. The molecule has 0 spiro atoms. The molecule has 0 amide bonds. The molecule has 0 radical (unpaired) electrons. The Balaban J connectivity index is 2.02. The summed E-state index contributed by atoms with van der Waals surface area (Å²) in [6, 6.07) is 15.8. The van der Waals surface area contributed by atoms with Crippen molar-refractivity contribution in [3.63, 3.8) is 0 Å². The monoisotopic (exact) mass is 263 g/mol. The van der Waals surface area contributed by atoms with E-state index in [4.69, 9.17) is 9.47 Å². The number of fused-ring (bicyclic) bond motifs is 1. The summed E-state index contributed by atoms with van der Waals surface area (Å²) in [6.45, 7) is 2.26. The number of rotatable bonds is 2. The molecule has 98 valence electrons. The summed E-state index contributed by atoms with van der Waals surface area (Å²) in [6.07, 6.45) is 1.87. The van der Waals surface area contributed by atoms with Crippen LogP contribution in [0.3, 0.4) is 0 Å². The van der Waals surface area contributed by atoms with Gasteiger partial charge in [0.15, 0.2) is 11.5 Å². The first-order valence-corrected chi connectivity index (χ1v) is 6.35. The smallest absolute Gasteiger partial charge is 0.231 e. The van der Waals surface area contributed by atoms with E-state index in [0.29, 0.717) is 5.57 Å². The van der Waals surface area contributed by atoms with Crippen LogP contribution in [0.4, 0.5) is 0 Å². The number of hydrogen-bond acceptors (Lipinski definition) is 3. The highest BCUT2D eigenvalue weighted by atomic mass is 16.7. The fourth-order valence-electron chi connectivity index (χ4n) is 2.21. The zero-order valence-corrected chi connectivity index (χ0v) is 11.1. The topological polar surface area (TPSA) is 42.2 Å². The van der Waals surface area contributed by atoms with Crippen LogP contribution >= 0.6 is 0 Å². The van der Waals surface area contributed by atoms with Crippen LogP contribution < -0.4 is 9.47 Å². The fraction of sp³-hybridized carbons (Fsp3) is 0.118. The predicted molar refractivity (Wildman–Crippen MR) is 77.2 cm³/mol. The largest absolute Gasteiger partial charge is 0.454 e. The molecule has 0 atom stereocenters. The zero-order chi connectivity index (χ0) is 13.9. The zero-order valence-electron chi connectivity index (χ0n) is 11.1. The number of nitrogens with zero attached hydrogens (tertiary/aromatic N) is 1. The Kier molecular flexibility index (Phi) is 3.14. The SMILES string of the molecule is Cc1ccccc1/C(C#N)=C/c1ccc2c(c1)OCO2. The predicted octanol–water partition coefficient (Wildman–Crippen LogP) is 3.79. The minimum atomic E-state index is 0.255. The van der Waals surface area contributed by atoms with E-state index in [1.165, 1.54) is 0 Å². The molecule has 1 heterocycles. The van der Waals surface area contributed by atoms with Crippen molar-refractivity contribution in [2.24, 2.45) is 0 Å². The lowest BCUT2D eigenvalue weighted by Gasteiger charge is -2.04. The van der Waals surface area contributed by atoms with E-state index in [-0.39, 0.29) is 6.79 Å². The molecule has 0 N–H and O–H groups in total. The summed E-state index contributed by atoms with van der Waals surface area (Å²) in [5.41, 5.74) is 3.60. The van der Waals surface area contributed by atoms with Crippen LogP contribution in [-0.2, 0) is 0 Å². The first-order chi connectivity index (χ1) is 9.78. The molecular weight excluding hydrogens is 250 g/mol. The van der Waals surface area contributed by atoms with Crippen molar-refractivity contribution in [3.8, 4) is 17.6 Å². The van der Waals surface area contributed by atoms with Gasteiger partial charge in [-0.05, 0) is 41.8 Å². The van der Waals surface area contributed by atoms with Gasteiger partial charge in [-0.3, -0.25) is 0 Å². The molecule has 0 fully saturated rings. The Hall–Kier alpha value is -2.73. The summed E-state index contributed by atoms with van der Waals surface area (Å²) in [4.78, 5) is 0. The lowest BCUT2D eigenvalue weighted by atomic mass is 9.99. The van der Waals surface area contributed by atoms with Crippen molar-refractivity contribution in [2.45, 2.75) is 6.92 Å². The Bertz CT molecular complexity index is 726. The van der Waals surface area contributed by atoms with Gasteiger partial charge in [-0.25, -0.2) is 0 Å². The van der Waals surface area contributed by atoms with Gasteiger partial charge in [-0.2, -0.15) is 5.26 Å². The van der Waals surface area contributed by atoms with Gasteiger partial charge in [-0.15, -0.1) is 0 Å². The van der Waals surface area contributed by atoms with Crippen molar-refractivity contribution in [3.05, 3.63) is 59.2 Å². The molecule has 2 aromatic carbocycles. The standard InChI is InChI=1S/C17H13NO2/c1-12-4-2-3-5-15(12)14(10-18)8-13-6-7-16-17(9-13)20-11-19-16/h2-9H,11H2,1H3/b14-8+. The van der Waals surface area contributed by atoms with Gasteiger partial charge in [0.1, 0.15) is 0 Å². The Morgan fingerprint density at radius 3 is 2.75 bits per heavy atom. The highest BCUT2D eigenvalue weighted by molar-refractivity contribution is 5.90. The van der Waals surface area contributed by atoms with Gasteiger partial charge >= 0.3 is 0 Å². The van der Waals surface area contributed by atoms with Crippen LogP contribution in [0.25, 0.3) is 11.6 Å². The third-order valence-electron chi connectivity index (χ3n) is 3.26. The van der Waals surface area contributed by atoms with Crippen molar-refractivity contribution in [1.82, 2.24) is 0 Å². The number of nitriles is 1. The maximum absolute atomic E-state index is 9.38. The Morgan fingerprint density at radius 2 is 1.95 bits per heavy atom. The molecule has 0 aliphatic carbocycles. The molecule has 0 aromatic heterocycles. The van der Waals surface area contributed by atoms with Gasteiger partial charge in [0.2, 0.25) is 6.79 Å². The number of ether oxygens (including phenoxy) is 2. The first kappa shape index (κ1) is 12.3. The average Bonchev–Trinajstić information content (AvgIpc) is 2.93. The second-order valence-electron chi connectivity index (χ2n) is 4.60. The van der Waals surface area contributed by atoms with Gasteiger partial charge in [0.25, 0.3) is 0 Å². The summed E-state index contributed by atoms with van der Waals surface area (Å²) < 4.78 is 10.6. The number of benzene rings is 2. The van der Waals surface area contributed by atoms with Crippen molar-refractivity contribution in [2.75, 3.05) is 6.79 Å². The van der Waals surface area contributed by atoms with Crippen LogP contribution in [0.15, 0.2) is 42.5 Å². The first-order valence-electron chi connectivity index (χ1n) is 6.35. The highest BCUT2D eigenvalue weighted by Gasteiger charge is 2.13. The average molecular weight is 263 g/mol. The second kappa shape index (κ2) is 5.10. The van der Waals surface area contributed by atoms with Crippen molar-refractivity contribution in [1.29, 1.82) is 5.26 Å². The van der Waals surface area contributed by atoms with Gasteiger partial charge < -0.3 is 9.47 Å². The Labute approximate surface area is 117 Å². The molecule has 1 aliphatic heterocycles. The molecule has 0 saturated carbocycles. The summed E-state index contributed by atoms with van der Waals surface area (Å²) in [7, 11) is 0. The quantitative estimate of drug-likeness (QED) is 0.611. The number of allylic oxidation sites excluding steroid dienone is 1. The minimum Gasteiger partial charge on any atom is -0.454 e. The summed E-state index contributed by atoms with van der Waals surface area (Å²) in [5.74, 6) is 1.47. The van der Waals surface area contributed by atoms with E-state index < -0.39 is 0 Å². The lowest BCUT2D eigenvalue weighted by Crippen LogP contribution is -1.92. The maximum atomic E-state index is 9.38. The summed E-state index contributed by atoms with van der Waals surface area (Å²) >= 11 is 0. The molecule has 2 aromatic rings. The minimum absolute atomic E-state index is 0.255. The van der Waals surface area contributed by atoms with E-state index in [0.717, 1.165) is 28.2 Å². The molecule has 0 bridgehead atoms. The molecule has 20 heavy (non-hydrogen) atoms. The maximum Gasteiger partial charge on any atom is 0.231 e. The van der Waals surface area contributed by atoms with Gasteiger partial charge in [0, 0.05) is 0 Å². The normalized spacial score (nSPS) is 13.1. The van der Waals surface area contributed by atoms with E-state index in [1.54, 1.807) is 0 Å². The van der Waals surface area contributed by atoms with E-state index in [2.05, 4.69) is 6.07 Å². The van der Waals surface area contributed by atoms with Gasteiger partial charge in [0.05, 0.1) is 11.6 Å². The number of hydrogen-bond donors (Lipinski definition) is 0. The van der Waals surface area contributed by atoms with Crippen LogP contribution in [0.2, 0.25) is 0 Å². The molecule has 1 aliphatic rings. The molecule has 3 nitrogen and oxygen atoms in total. The fourth-order valence-corrected chi connectivity index (χ4v) is 2.21. The van der Waals surface area contributed by atoms with Crippen LogP contribution in [0.1, 0.15) is 16.7 Å². The van der Waals surface area contributed by atoms with Gasteiger partial charge in [-0.1, -0.05) is 30.3 Å². The third kappa shape index (κ3) is 2.24. The Morgan fingerprint density at radius 1 is 1.15 bits per heavy atom. The van der Waals surface area contributed by atoms with Crippen LogP contribution in [0.5, 0.6) is 11.5 Å². The van der Waals surface area contributed by atoms with Crippen molar-refractivity contribution >= 4 is 11.6 Å². The van der Waals surface area contributed by atoms with Crippen molar-refractivity contribution < 1.29 is 9.47 Å². The lowest BCUT2D eigenvalue weighted by molar-refractivity contribution is 0.174. The second-order valence-corrected chi connectivity index (χ2v) is 4.60. The van der Waals surface area contributed by atoms with Crippen LogP contribution in [-0.4, -0.2) is 6.79 Å². The molecule has 0 saturated heterocycles. The van der Waals surface area contributed by atoms with E-state index >= 15 is 0 Å². The number of aryl methyl sites for hydroxylation is 1. The van der Waals surface area contributed by atoms with Crippen LogP contribution in [0, 0.1) is 18.3 Å².